The van der Waals surface area contributed by atoms with Crippen molar-refractivity contribution in [3.05, 3.63) is 53.6 Å². The SMILES string of the molecule is CN(C(=O)C(=O)Nc1ccccc1Cl)c1ccc(O)cc1. The van der Waals surface area contributed by atoms with Gasteiger partial charge in [0.2, 0.25) is 0 Å². The molecular weight excluding hydrogens is 292 g/mol. The number of para-hydroxylation sites is 1. The van der Waals surface area contributed by atoms with Crippen LogP contribution >= 0.6 is 11.6 Å². The van der Waals surface area contributed by atoms with E-state index in [0.29, 0.717) is 16.4 Å². The highest BCUT2D eigenvalue weighted by Crippen LogP contribution is 2.21. The van der Waals surface area contributed by atoms with Crippen LogP contribution in [0.1, 0.15) is 0 Å². The van der Waals surface area contributed by atoms with Gasteiger partial charge in [-0.2, -0.15) is 0 Å². The van der Waals surface area contributed by atoms with Crippen LogP contribution in [0.5, 0.6) is 5.75 Å². The number of benzene rings is 2. The van der Waals surface area contributed by atoms with Gasteiger partial charge in [0, 0.05) is 12.7 Å². The van der Waals surface area contributed by atoms with Crippen LogP contribution in [-0.2, 0) is 9.59 Å². The molecule has 0 fully saturated rings. The molecule has 0 saturated heterocycles. The summed E-state index contributed by atoms with van der Waals surface area (Å²) in [5.74, 6) is -1.44. The Balaban J connectivity index is 2.10. The first-order valence-corrected chi connectivity index (χ1v) is 6.49. The first kappa shape index (κ1) is 14.9. The molecule has 2 rings (SSSR count). The van der Waals surface area contributed by atoms with E-state index in [1.807, 2.05) is 0 Å². The zero-order valence-electron chi connectivity index (χ0n) is 11.2. The van der Waals surface area contributed by atoms with Crippen LogP contribution in [0.2, 0.25) is 5.02 Å². The van der Waals surface area contributed by atoms with Crippen LogP contribution in [-0.4, -0.2) is 24.0 Å². The highest BCUT2D eigenvalue weighted by molar-refractivity contribution is 6.45. The van der Waals surface area contributed by atoms with Gasteiger partial charge in [0.1, 0.15) is 5.75 Å². The summed E-state index contributed by atoms with van der Waals surface area (Å²) in [6.07, 6.45) is 0. The zero-order chi connectivity index (χ0) is 15.4. The van der Waals surface area contributed by atoms with Gasteiger partial charge in [0.15, 0.2) is 0 Å². The summed E-state index contributed by atoms with van der Waals surface area (Å²) >= 11 is 5.92. The standard InChI is InChI=1S/C15H13ClN2O3/c1-18(10-6-8-11(19)9-7-10)15(21)14(20)17-13-5-3-2-4-12(13)16/h2-9,19H,1H3,(H,17,20). The molecular formula is C15H13ClN2O3. The summed E-state index contributed by atoms with van der Waals surface area (Å²) < 4.78 is 0. The van der Waals surface area contributed by atoms with E-state index in [0.717, 1.165) is 0 Å². The first-order valence-electron chi connectivity index (χ1n) is 6.11. The Bertz CT molecular complexity index is 671. The van der Waals surface area contributed by atoms with E-state index < -0.39 is 11.8 Å². The highest BCUT2D eigenvalue weighted by atomic mass is 35.5. The number of hydrogen-bond donors (Lipinski definition) is 2. The van der Waals surface area contributed by atoms with E-state index in [1.165, 1.54) is 36.2 Å². The lowest BCUT2D eigenvalue weighted by Gasteiger charge is -2.17. The fourth-order valence-corrected chi connectivity index (χ4v) is 1.87. The topological polar surface area (TPSA) is 69.6 Å². The molecule has 0 aliphatic carbocycles. The number of nitrogens with one attached hydrogen (secondary N) is 1. The van der Waals surface area contributed by atoms with Gasteiger partial charge in [0.25, 0.3) is 0 Å². The van der Waals surface area contributed by atoms with E-state index in [4.69, 9.17) is 11.6 Å². The maximum Gasteiger partial charge on any atom is 0.316 e. The number of likely N-dealkylation sites (N-methyl/N-ethyl adjacent to an activating group) is 1. The molecule has 108 valence electrons. The molecule has 0 atom stereocenters. The number of carbonyl (C=O) groups is 2. The Morgan fingerprint density at radius 2 is 1.71 bits per heavy atom. The molecule has 2 aromatic carbocycles. The summed E-state index contributed by atoms with van der Waals surface area (Å²) in [7, 11) is 1.47. The number of phenols is 1. The third-order valence-electron chi connectivity index (χ3n) is 2.86. The Morgan fingerprint density at radius 3 is 2.33 bits per heavy atom. The van der Waals surface area contributed by atoms with Crippen LogP contribution in [0, 0.1) is 0 Å². The summed E-state index contributed by atoms with van der Waals surface area (Å²) in [5, 5.41) is 12.0. The second kappa shape index (κ2) is 6.28. The Kier molecular flexibility index (Phi) is 4.45. The second-order valence-corrected chi connectivity index (χ2v) is 4.72. The number of rotatable bonds is 2. The average Bonchev–Trinajstić information content (AvgIpc) is 2.49. The number of phenolic OH excluding ortho intramolecular Hbond substituents is 1. The molecule has 2 aromatic rings. The monoisotopic (exact) mass is 304 g/mol. The van der Waals surface area contributed by atoms with Crippen LogP contribution in [0.3, 0.4) is 0 Å². The lowest BCUT2D eigenvalue weighted by atomic mass is 10.2. The summed E-state index contributed by atoms with van der Waals surface area (Å²) in [6, 6.07) is 12.6. The van der Waals surface area contributed by atoms with Crippen LogP contribution in [0.25, 0.3) is 0 Å². The van der Waals surface area contributed by atoms with Crippen molar-refractivity contribution >= 4 is 34.8 Å². The molecule has 21 heavy (non-hydrogen) atoms. The lowest BCUT2D eigenvalue weighted by Crippen LogP contribution is -2.37. The molecule has 0 aliphatic rings. The first-order chi connectivity index (χ1) is 9.99. The summed E-state index contributed by atoms with van der Waals surface area (Å²) in [5.41, 5.74) is 0.865. The van der Waals surface area contributed by atoms with Crippen LogP contribution in [0.15, 0.2) is 48.5 Å². The van der Waals surface area contributed by atoms with E-state index in [-0.39, 0.29) is 5.75 Å². The van der Waals surface area contributed by atoms with Crippen molar-refractivity contribution in [2.24, 2.45) is 0 Å². The van der Waals surface area contributed by atoms with Crippen molar-refractivity contribution in [3.63, 3.8) is 0 Å². The lowest BCUT2D eigenvalue weighted by molar-refractivity contribution is -0.134. The molecule has 0 radical (unpaired) electrons. The second-order valence-electron chi connectivity index (χ2n) is 4.31. The number of carbonyl (C=O) groups excluding carboxylic acids is 2. The van der Waals surface area contributed by atoms with Gasteiger partial charge in [-0.15, -0.1) is 0 Å². The molecule has 2 amide bonds. The van der Waals surface area contributed by atoms with Crippen molar-refractivity contribution in [1.82, 2.24) is 0 Å². The summed E-state index contributed by atoms with van der Waals surface area (Å²) in [6.45, 7) is 0. The van der Waals surface area contributed by atoms with Gasteiger partial charge >= 0.3 is 11.8 Å². The molecule has 0 saturated carbocycles. The summed E-state index contributed by atoms with van der Waals surface area (Å²) in [4.78, 5) is 25.2. The predicted octanol–water partition coefficient (Wildman–Crippen LogP) is 2.65. The average molecular weight is 305 g/mol. The highest BCUT2D eigenvalue weighted by Gasteiger charge is 2.20. The number of halogens is 1. The van der Waals surface area contributed by atoms with E-state index >= 15 is 0 Å². The molecule has 0 unspecified atom stereocenters. The van der Waals surface area contributed by atoms with E-state index in [2.05, 4.69) is 5.32 Å². The van der Waals surface area contributed by atoms with Gasteiger partial charge in [-0.1, -0.05) is 23.7 Å². The number of aromatic hydroxyl groups is 1. The van der Waals surface area contributed by atoms with Crippen molar-refractivity contribution in [2.75, 3.05) is 17.3 Å². The Morgan fingerprint density at radius 1 is 1.10 bits per heavy atom. The molecule has 0 bridgehead atoms. The maximum atomic E-state index is 12.1. The minimum absolute atomic E-state index is 0.0834. The third kappa shape index (κ3) is 3.52. The van der Waals surface area contributed by atoms with Crippen molar-refractivity contribution in [3.8, 4) is 5.75 Å². The number of hydrogen-bond acceptors (Lipinski definition) is 3. The minimum atomic E-state index is -0.793. The number of amides is 2. The fraction of sp³-hybridized carbons (Fsp3) is 0.0667. The van der Waals surface area contributed by atoms with Gasteiger partial charge < -0.3 is 15.3 Å². The predicted molar refractivity (Wildman–Crippen MR) is 81.6 cm³/mol. The van der Waals surface area contributed by atoms with Gasteiger partial charge in [0.05, 0.1) is 10.7 Å². The van der Waals surface area contributed by atoms with Crippen LogP contribution < -0.4 is 10.2 Å². The van der Waals surface area contributed by atoms with Crippen molar-refractivity contribution < 1.29 is 14.7 Å². The molecule has 0 aliphatic heterocycles. The van der Waals surface area contributed by atoms with Gasteiger partial charge in [-0.3, -0.25) is 9.59 Å². The van der Waals surface area contributed by atoms with E-state index in [1.54, 1.807) is 24.3 Å². The Labute approximate surface area is 126 Å². The minimum Gasteiger partial charge on any atom is -0.508 e. The van der Waals surface area contributed by atoms with Crippen molar-refractivity contribution in [2.45, 2.75) is 0 Å². The maximum absolute atomic E-state index is 12.1. The molecule has 2 N–H and O–H groups in total. The van der Waals surface area contributed by atoms with Crippen LogP contribution in [0.4, 0.5) is 11.4 Å². The molecule has 0 spiro atoms. The van der Waals surface area contributed by atoms with Gasteiger partial charge in [-0.25, -0.2) is 0 Å². The molecule has 0 aromatic heterocycles. The zero-order valence-corrected chi connectivity index (χ0v) is 12.0. The molecule has 6 heteroatoms. The molecule has 5 nitrogen and oxygen atoms in total. The van der Waals surface area contributed by atoms with Crippen molar-refractivity contribution in [1.29, 1.82) is 0 Å². The fourth-order valence-electron chi connectivity index (χ4n) is 1.68. The van der Waals surface area contributed by atoms with Gasteiger partial charge in [-0.05, 0) is 36.4 Å². The smallest absolute Gasteiger partial charge is 0.316 e. The largest absolute Gasteiger partial charge is 0.508 e. The number of nitrogens with zero attached hydrogens (tertiary/aromatic N) is 1. The Hall–Kier alpha value is -2.53. The third-order valence-corrected chi connectivity index (χ3v) is 3.19. The molecule has 0 heterocycles. The van der Waals surface area contributed by atoms with E-state index in [9.17, 15) is 14.7 Å². The quantitative estimate of drug-likeness (QED) is 0.838. The number of anilines is 2. The normalized spacial score (nSPS) is 10.0.